The van der Waals surface area contributed by atoms with E-state index in [-0.39, 0.29) is 6.61 Å². The van der Waals surface area contributed by atoms with E-state index in [1.807, 2.05) is 0 Å². The van der Waals surface area contributed by atoms with Gasteiger partial charge in [0.15, 0.2) is 0 Å². The number of aliphatic hydroxyl groups excluding tert-OH is 2. The van der Waals surface area contributed by atoms with Crippen molar-refractivity contribution in [3.05, 3.63) is 0 Å². The van der Waals surface area contributed by atoms with Gasteiger partial charge in [0, 0.05) is 24.6 Å². The highest BCUT2D eigenvalue weighted by molar-refractivity contribution is 5.10. The summed E-state index contributed by atoms with van der Waals surface area (Å²) in [6, 6.07) is 0.461. The molecule has 2 fully saturated rings. The van der Waals surface area contributed by atoms with E-state index in [1.54, 1.807) is 0 Å². The lowest BCUT2D eigenvalue weighted by molar-refractivity contribution is -0.131. The summed E-state index contributed by atoms with van der Waals surface area (Å²) < 4.78 is 5.83. The Morgan fingerprint density at radius 2 is 2.12 bits per heavy atom. The van der Waals surface area contributed by atoms with Gasteiger partial charge in [-0.3, -0.25) is 0 Å². The van der Waals surface area contributed by atoms with E-state index in [1.165, 1.54) is 25.7 Å². The van der Waals surface area contributed by atoms with E-state index < -0.39 is 6.10 Å². The van der Waals surface area contributed by atoms with Crippen molar-refractivity contribution in [2.24, 2.45) is 5.41 Å². The summed E-state index contributed by atoms with van der Waals surface area (Å²) in [6.07, 6.45) is 5.88. The number of rotatable bonds is 6. The molecule has 0 amide bonds. The monoisotopic (exact) mass is 243 g/mol. The average Bonchev–Trinajstić information content (AvgIpc) is 2.84. The van der Waals surface area contributed by atoms with Crippen LogP contribution in [0.3, 0.4) is 0 Å². The van der Waals surface area contributed by atoms with E-state index in [4.69, 9.17) is 9.84 Å². The Morgan fingerprint density at radius 1 is 1.41 bits per heavy atom. The van der Waals surface area contributed by atoms with Crippen LogP contribution in [0.5, 0.6) is 0 Å². The molecule has 1 spiro atoms. The Hall–Kier alpha value is -0.160. The summed E-state index contributed by atoms with van der Waals surface area (Å²) in [5.74, 6) is 0. The van der Waals surface area contributed by atoms with Crippen LogP contribution in [-0.2, 0) is 4.74 Å². The molecule has 3 unspecified atom stereocenters. The molecule has 4 nitrogen and oxygen atoms in total. The largest absolute Gasteiger partial charge is 0.394 e. The third kappa shape index (κ3) is 2.50. The standard InChI is InChI=1S/C13H25NO3/c1-2-17-12-7-11(14-8-10(16)9-15)13(12)5-3-4-6-13/h10-12,14-16H,2-9H2,1H3. The van der Waals surface area contributed by atoms with Crippen LogP contribution in [0.1, 0.15) is 39.0 Å². The van der Waals surface area contributed by atoms with Gasteiger partial charge in [-0.25, -0.2) is 0 Å². The first kappa shape index (κ1) is 13.3. The highest BCUT2D eigenvalue weighted by Crippen LogP contribution is 2.54. The average molecular weight is 243 g/mol. The van der Waals surface area contributed by atoms with Gasteiger partial charge in [-0.05, 0) is 26.2 Å². The maximum atomic E-state index is 9.38. The summed E-state index contributed by atoms with van der Waals surface area (Å²) in [6.45, 7) is 3.17. The minimum Gasteiger partial charge on any atom is -0.394 e. The van der Waals surface area contributed by atoms with E-state index in [0.29, 0.717) is 24.1 Å². The molecule has 0 aromatic rings. The van der Waals surface area contributed by atoms with Crippen LogP contribution in [0.2, 0.25) is 0 Å². The predicted octanol–water partition coefficient (Wildman–Crippen LogP) is 0.667. The van der Waals surface area contributed by atoms with Gasteiger partial charge in [0.25, 0.3) is 0 Å². The van der Waals surface area contributed by atoms with Crippen molar-refractivity contribution >= 4 is 0 Å². The minimum atomic E-state index is -0.639. The van der Waals surface area contributed by atoms with Crippen LogP contribution in [0.15, 0.2) is 0 Å². The summed E-state index contributed by atoms with van der Waals surface area (Å²) in [5, 5.41) is 21.6. The molecular weight excluding hydrogens is 218 g/mol. The maximum Gasteiger partial charge on any atom is 0.0895 e. The molecule has 3 N–H and O–H groups in total. The zero-order valence-corrected chi connectivity index (χ0v) is 10.7. The molecule has 0 bridgehead atoms. The first-order valence-electron chi connectivity index (χ1n) is 6.87. The Balaban J connectivity index is 1.87. The highest BCUT2D eigenvalue weighted by atomic mass is 16.5. The van der Waals surface area contributed by atoms with E-state index in [9.17, 15) is 5.11 Å². The van der Waals surface area contributed by atoms with Gasteiger partial charge in [0.05, 0.1) is 18.8 Å². The Kier molecular flexibility index (Phi) is 4.42. The molecule has 2 rings (SSSR count). The fourth-order valence-corrected chi connectivity index (χ4v) is 3.52. The van der Waals surface area contributed by atoms with Crippen LogP contribution in [0, 0.1) is 5.41 Å². The van der Waals surface area contributed by atoms with Gasteiger partial charge in [-0.15, -0.1) is 0 Å². The van der Waals surface area contributed by atoms with Crippen LogP contribution in [0.4, 0.5) is 0 Å². The van der Waals surface area contributed by atoms with Crippen LogP contribution < -0.4 is 5.32 Å². The number of hydrogen-bond acceptors (Lipinski definition) is 4. The van der Waals surface area contributed by atoms with Gasteiger partial charge in [0.2, 0.25) is 0 Å². The molecule has 0 aromatic carbocycles. The SMILES string of the molecule is CCOC1CC(NCC(O)CO)C12CCCC2. The summed E-state index contributed by atoms with van der Waals surface area (Å²) in [5.41, 5.74) is 0.311. The van der Waals surface area contributed by atoms with E-state index in [0.717, 1.165) is 13.0 Å². The second-order valence-electron chi connectivity index (χ2n) is 5.42. The first-order chi connectivity index (χ1) is 8.23. The van der Waals surface area contributed by atoms with Crippen molar-refractivity contribution < 1.29 is 14.9 Å². The van der Waals surface area contributed by atoms with Crippen molar-refractivity contribution in [1.29, 1.82) is 0 Å². The lowest BCUT2D eigenvalue weighted by atomic mass is 9.60. The summed E-state index contributed by atoms with van der Waals surface area (Å²) in [4.78, 5) is 0. The molecule has 0 aliphatic heterocycles. The zero-order chi connectivity index (χ0) is 12.3. The lowest BCUT2D eigenvalue weighted by Gasteiger charge is -2.54. The third-order valence-electron chi connectivity index (χ3n) is 4.50. The molecule has 2 saturated carbocycles. The van der Waals surface area contributed by atoms with Crippen molar-refractivity contribution in [1.82, 2.24) is 5.32 Å². The second kappa shape index (κ2) is 5.65. The molecule has 0 saturated heterocycles. The number of nitrogens with one attached hydrogen (secondary N) is 1. The molecule has 100 valence electrons. The quantitative estimate of drug-likeness (QED) is 0.641. The minimum absolute atomic E-state index is 0.165. The lowest BCUT2D eigenvalue weighted by Crippen LogP contribution is -2.63. The number of hydrogen-bond donors (Lipinski definition) is 3. The number of aliphatic hydroxyl groups is 2. The van der Waals surface area contributed by atoms with Crippen molar-refractivity contribution in [2.45, 2.75) is 57.3 Å². The van der Waals surface area contributed by atoms with Crippen molar-refractivity contribution in [3.8, 4) is 0 Å². The Labute approximate surface area is 103 Å². The Morgan fingerprint density at radius 3 is 2.71 bits per heavy atom. The zero-order valence-electron chi connectivity index (χ0n) is 10.7. The number of ether oxygens (including phenoxy) is 1. The molecule has 0 radical (unpaired) electrons. The van der Waals surface area contributed by atoms with Gasteiger partial charge in [-0.1, -0.05) is 12.8 Å². The van der Waals surface area contributed by atoms with Crippen LogP contribution in [0.25, 0.3) is 0 Å². The van der Waals surface area contributed by atoms with Gasteiger partial charge in [-0.2, -0.15) is 0 Å². The highest BCUT2D eigenvalue weighted by Gasteiger charge is 2.56. The third-order valence-corrected chi connectivity index (χ3v) is 4.50. The Bertz CT molecular complexity index is 241. The van der Waals surface area contributed by atoms with Crippen LogP contribution >= 0.6 is 0 Å². The van der Waals surface area contributed by atoms with E-state index in [2.05, 4.69) is 12.2 Å². The molecule has 2 aliphatic carbocycles. The maximum absolute atomic E-state index is 9.38. The molecule has 3 atom stereocenters. The van der Waals surface area contributed by atoms with Crippen molar-refractivity contribution in [3.63, 3.8) is 0 Å². The van der Waals surface area contributed by atoms with Gasteiger partial charge in [0.1, 0.15) is 0 Å². The summed E-state index contributed by atoms with van der Waals surface area (Å²) in [7, 11) is 0. The normalized spacial score (nSPS) is 32.6. The van der Waals surface area contributed by atoms with Crippen LogP contribution in [-0.4, -0.2) is 48.2 Å². The first-order valence-corrected chi connectivity index (χ1v) is 6.87. The smallest absolute Gasteiger partial charge is 0.0895 e. The second-order valence-corrected chi connectivity index (χ2v) is 5.42. The van der Waals surface area contributed by atoms with E-state index >= 15 is 0 Å². The molecule has 2 aliphatic rings. The molecule has 4 heteroatoms. The molecule has 0 heterocycles. The summed E-state index contributed by atoms with van der Waals surface area (Å²) >= 11 is 0. The fraction of sp³-hybridized carbons (Fsp3) is 1.00. The molecular formula is C13H25NO3. The molecule has 0 aromatic heterocycles. The predicted molar refractivity (Wildman–Crippen MR) is 65.8 cm³/mol. The molecule has 17 heavy (non-hydrogen) atoms. The topological polar surface area (TPSA) is 61.7 Å². The van der Waals surface area contributed by atoms with Gasteiger partial charge < -0.3 is 20.3 Å². The van der Waals surface area contributed by atoms with Gasteiger partial charge >= 0.3 is 0 Å². The van der Waals surface area contributed by atoms with Crippen molar-refractivity contribution in [2.75, 3.05) is 19.8 Å². The fourth-order valence-electron chi connectivity index (χ4n) is 3.52.